The zero-order valence-corrected chi connectivity index (χ0v) is 12.9. The number of ether oxygens (including phenoxy) is 1. The number of nitrogen functional groups attached to an aromatic ring is 1. The number of rotatable bonds is 5. The predicted molar refractivity (Wildman–Crippen MR) is 87.9 cm³/mol. The fraction of sp³-hybridized carbons (Fsp3) is 0.188. The second-order valence-corrected chi connectivity index (χ2v) is 5.46. The van der Waals surface area contributed by atoms with Crippen LogP contribution in [-0.4, -0.2) is 18.8 Å². The van der Waals surface area contributed by atoms with Gasteiger partial charge in [-0.25, -0.2) is 0 Å². The summed E-state index contributed by atoms with van der Waals surface area (Å²) in [5.41, 5.74) is 8.11. The monoisotopic (exact) mass is 302 g/mol. The number of aryl methyl sites for hydroxylation is 1. The Balaban J connectivity index is 1.87. The van der Waals surface area contributed by atoms with Crippen LogP contribution in [-0.2, 0) is 4.79 Å². The summed E-state index contributed by atoms with van der Waals surface area (Å²) in [6, 6.07) is 13.0. The third-order valence-electron chi connectivity index (χ3n) is 2.99. The Labute approximate surface area is 128 Å². The van der Waals surface area contributed by atoms with E-state index in [1.165, 1.54) is 0 Å². The van der Waals surface area contributed by atoms with E-state index in [2.05, 4.69) is 5.32 Å². The predicted octanol–water partition coefficient (Wildman–Crippen LogP) is 3.32. The van der Waals surface area contributed by atoms with E-state index in [0.717, 1.165) is 10.5 Å². The van der Waals surface area contributed by atoms with Crippen LogP contribution < -0.4 is 15.8 Å². The highest BCUT2D eigenvalue weighted by molar-refractivity contribution is 7.98. The molecule has 0 fully saturated rings. The summed E-state index contributed by atoms with van der Waals surface area (Å²) in [6.07, 6.45) is 2.01. The van der Waals surface area contributed by atoms with E-state index in [1.807, 2.05) is 49.6 Å². The molecule has 1 amide bonds. The normalized spacial score (nSPS) is 10.2. The highest BCUT2D eigenvalue weighted by Crippen LogP contribution is 2.19. The van der Waals surface area contributed by atoms with Crippen molar-refractivity contribution in [1.82, 2.24) is 0 Å². The van der Waals surface area contributed by atoms with Crippen LogP contribution in [0.2, 0.25) is 0 Å². The van der Waals surface area contributed by atoms with Crippen LogP contribution in [0.1, 0.15) is 5.56 Å². The Morgan fingerprint density at radius 2 is 1.95 bits per heavy atom. The minimum atomic E-state index is -0.216. The summed E-state index contributed by atoms with van der Waals surface area (Å²) in [6.45, 7) is 1.88. The maximum absolute atomic E-state index is 11.8. The third-order valence-corrected chi connectivity index (χ3v) is 3.74. The SMILES string of the molecule is CSc1ccc(OCC(=O)Nc2ccc(C)c(N)c2)cc1. The molecule has 0 aliphatic carbocycles. The van der Waals surface area contributed by atoms with Crippen molar-refractivity contribution in [2.45, 2.75) is 11.8 Å². The van der Waals surface area contributed by atoms with Crippen molar-refractivity contribution in [2.24, 2.45) is 0 Å². The Hall–Kier alpha value is -2.14. The Bertz CT molecular complexity index is 627. The van der Waals surface area contributed by atoms with Crippen LogP contribution in [0.25, 0.3) is 0 Å². The summed E-state index contributed by atoms with van der Waals surface area (Å²) in [4.78, 5) is 13.0. The number of nitrogens with one attached hydrogen (secondary N) is 1. The summed E-state index contributed by atoms with van der Waals surface area (Å²) in [7, 11) is 0. The third kappa shape index (κ3) is 4.43. The quantitative estimate of drug-likeness (QED) is 0.657. The molecule has 3 N–H and O–H groups in total. The van der Waals surface area contributed by atoms with Gasteiger partial charge in [-0.3, -0.25) is 4.79 Å². The zero-order valence-electron chi connectivity index (χ0n) is 12.1. The maximum atomic E-state index is 11.8. The molecule has 2 aromatic carbocycles. The van der Waals surface area contributed by atoms with E-state index >= 15 is 0 Å². The highest BCUT2D eigenvalue weighted by atomic mass is 32.2. The number of nitrogens with two attached hydrogens (primary N) is 1. The van der Waals surface area contributed by atoms with Crippen LogP contribution in [0.5, 0.6) is 5.75 Å². The minimum absolute atomic E-state index is 0.0353. The van der Waals surface area contributed by atoms with Gasteiger partial charge in [-0.1, -0.05) is 6.07 Å². The first-order valence-electron chi connectivity index (χ1n) is 6.51. The van der Waals surface area contributed by atoms with Gasteiger partial charge in [0.25, 0.3) is 5.91 Å². The van der Waals surface area contributed by atoms with E-state index in [9.17, 15) is 4.79 Å². The number of carbonyl (C=O) groups is 1. The smallest absolute Gasteiger partial charge is 0.262 e. The molecule has 0 aliphatic heterocycles. The van der Waals surface area contributed by atoms with Gasteiger partial charge in [-0.15, -0.1) is 11.8 Å². The number of amides is 1. The number of hydrogen-bond donors (Lipinski definition) is 2. The van der Waals surface area contributed by atoms with E-state index in [-0.39, 0.29) is 12.5 Å². The second kappa shape index (κ2) is 7.04. The zero-order chi connectivity index (χ0) is 15.2. The first kappa shape index (κ1) is 15.3. The molecular weight excluding hydrogens is 284 g/mol. The fourth-order valence-corrected chi connectivity index (χ4v) is 2.14. The summed E-state index contributed by atoms with van der Waals surface area (Å²) < 4.78 is 5.44. The van der Waals surface area contributed by atoms with Crippen LogP contribution in [0.4, 0.5) is 11.4 Å². The number of carbonyl (C=O) groups excluding carboxylic acids is 1. The van der Waals surface area contributed by atoms with Gasteiger partial charge in [0.15, 0.2) is 6.61 Å². The molecule has 0 atom stereocenters. The van der Waals surface area contributed by atoms with Gasteiger partial charge in [0, 0.05) is 16.3 Å². The van der Waals surface area contributed by atoms with E-state index < -0.39 is 0 Å². The van der Waals surface area contributed by atoms with Crippen molar-refractivity contribution in [2.75, 3.05) is 23.9 Å². The van der Waals surface area contributed by atoms with E-state index in [0.29, 0.717) is 17.1 Å². The molecule has 0 heterocycles. The van der Waals surface area contributed by atoms with Crippen molar-refractivity contribution >= 4 is 29.0 Å². The molecule has 4 nitrogen and oxygen atoms in total. The standard InChI is InChI=1S/C16H18N2O2S/c1-11-3-4-12(9-15(11)17)18-16(19)10-20-13-5-7-14(21-2)8-6-13/h3-9H,10,17H2,1-2H3,(H,18,19). The van der Waals surface area contributed by atoms with Gasteiger partial charge in [0.05, 0.1) is 0 Å². The largest absolute Gasteiger partial charge is 0.484 e. The van der Waals surface area contributed by atoms with Crippen LogP contribution in [0, 0.1) is 6.92 Å². The molecule has 0 aliphatic rings. The van der Waals surface area contributed by atoms with Crippen LogP contribution >= 0.6 is 11.8 Å². The lowest BCUT2D eigenvalue weighted by atomic mass is 10.2. The van der Waals surface area contributed by atoms with Crippen LogP contribution in [0.15, 0.2) is 47.4 Å². The van der Waals surface area contributed by atoms with Gasteiger partial charge in [0.2, 0.25) is 0 Å². The average Bonchev–Trinajstić information content (AvgIpc) is 2.49. The summed E-state index contributed by atoms with van der Waals surface area (Å²) in [5, 5.41) is 2.75. The van der Waals surface area contributed by atoms with E-state index in [1.54, 1.807) is 17.8 Å². The lowest BCUT2D eigenvalue weighted by Gasteiger charge is -2.09. The highest BCUT2D eigenvalue weighted by Gasteiger charge is 2.05. The van der Waals surface area contributed by atoms with Gasteiger partial charge >= 0.3 is 0 Å². The Morgan fingerprint density at radius 1 is 1.24 bits per heavy atom. The molecule has 2 rings (SSSR count). The number of anilines is 2. The molecule has 5 heteroatoms. The molecule has 2 aromatic rings. The molecule has 0 saturated heterocycles. The Morgan fingerprint density at radius 3 is 2.57 bits per heavy atom. The van der Waals surface area contributed by atoms with E-state index in [4.69, 9.17) is 10.5 Å². The Kier molecular flexibility index (Phi) is 5.11. The molecule has 0 radical (unpaired) electrons. The van der Waals surface area contributed by atoms with Crippen molar-refractivity contribution in [3.05, 3.63) is 48.0 Å². The van der Waals surface area contributed by atoms with Gasteiger partial charge in [-0.2, -0.15) is 0 Å². The minimum Gasteiger partial charge on any atom is -0.484 e. The molecule has 110 valence electrons. The van der Waals surface area contributed by atoms with Gasteiger partial charge in [0.1, 0.15) is 5.75 Å². The molecule has 0 spiro atoms. The lowest BCUT2D eigenvalue weighted by molar-refractivity contribution is -0.118. The summed E-state index contributed by atoms with van der Waals surface area (Å²) >= 11 is 1.66. The maximum Gasteiger partial charge on any atom is 0.262 e. The molecule has 21 heavy (non-hydrogen) atoms. The average molecular weight is 302 g/mol. The molecule has 0 unspecified atom stereocenters. The van der Waals surface area contributed by atoms with Crippen molar-refractivity contribution < 1.29 is 9.53 Å². The fourth-order valence-electron chi connectivity index (χ4n) is 1.74. The van der Waals surface area contributed by atoms with Crippen LogP contribution in [0.3, 0.4) is 0 Å². The van der Waals surface area contributed by atoms with Crippen molar-refractivity contribution in [3.8, 4) is 5.75 Å². The first-order valence-corrected chi connectivity index (χ1v) is 7.74. The molecular formula is C16H18N2O2S. The number of thioether (sulfide) groups is 1. The number of benzene rings is 2. The van der Waals surface area contributed by atoms with Gasteiger partial charge in [-0.05, 0) is 55.1 Å². The summed E-state index contributed by atoms with van der Waals surface area (Å²) in [5.74, 6) is 0.457. The lowest BCUT2D eigenvalue weighted by Crippen LogP contribution is -2.20. The van der Waals surface area contributed by atoms with Crippen molar-refractivity contribution in [1.29, 1.82) is 0 Å². The second-order valence-electron chi connectivity index (χ2n) is 4.58. The molecule has 0 aromatic heterocycles. The first-order chi connectivity index (χ1) is 10.1. The van der Waals surface area contributed by atoms with Gasteiger partial charge < -0.3 is 15.8 Å². The molecule has 0 bridgehead atoms. The topological polar surface area (TPSA) is 64.3 Å². The number of hydrogen-bond acceptors (Lipinski definition) is 4. The molecule has 0 saturated carbocycles. The van der Waals surface area contributed by atoms with Crippen molar-refractivity contribution in [3.63, 3.8) is 0 Å².